The molecule has 0 aromatic heterocycles. The van der Waals surface area contributed by atoms with E-state index in [9.17, 15) is 4.79 Å². The maximum atomic E-state index is 11.0. The van der Waals surface area contributed by atoms with Gasteiger partial charge in [0, 0.05) is 18.4 Å². The third-order valence-corrected chi connectivity index (χ3v) is 2.14. The van der Waals surface area contributed by atoms with E-state index >= 15 is 0 Å². The largest absolute Gasteiger partial charge is 0.327 e. The number of carbonyl (C=O) groups is 1. The first-order chi connectivity index (χ1) is 4.43. The highest BCUT2D eigenvalue weighted by atomic mass is 16.1. The summed E-state index contributed by atoms with van der Waals surface area (Å²) in [5.41, 5.74) is 5.74. The Kier molecular flexibility index (Phi) is 1.59. The first-order valence-electron chi connectivity index (χ1n) is 3.71. The summed E-state index contributed by atoms with van der Waals surface area (Å²) in [4.78, 5) is 11.0. The maximum absolute atomic E-state index is 11.0. The lowest BCUT2D eigenvalue weighted by molar-refractivity contribution is -0.135. The van der Waals surface area contributed by atoms with Crippen molar-refractivity contribution in [2.24, 2.45) is 17.1 Å². The Balaban J connectivity index is 2.64. The van der Waals surface area contributed by atoms with Crippen LogP contribution in [0.2, 0.25) is 0 Å². The molecule has 1 aliphatic carbocycles. The molecule has 0 aliphatic heterocycles. The van der Waals surface area contributed by atoms with E-state index in [1.165, 1.54) is 0 Å². The topological polar surface area (TPSA) is 43.1 Å². The zero-order valence-electron chi connectivity index (χ0n) is 6.85. The molecule has 0 aromatic rings. The molecule has 0 amide bonds. The predicted octanol–water partition coefficient (Wildman–Crippen LogP) is 0.949. The summed E-state index contributed by atoms with van der Waals surface area (Å²) < 4.78 is 0. The fourth-order valence-electron chi connectivity index (χ4n) is 1.68. The van der Waals surface area contributed by atoms with Crippen LogP contribution in [0.5, 0.6) is 0 Å². The van der Waals surface area contributed by atoms with Crippen molar-refractivity contribution in [1.82, 2.24) is 0 Å². The van der Waals surface area contributed by atoms with Crippen LogP contribution in [0.25, 0.3) is 0 Å². The molecule has 2 heteroatoms. The number of carbonyl (C=O) groups excluding carboxylic acids is 1. The minimum atomic E-state index is 0.0642. The molecule has 2 nitrogen and oxygen atoms in total. The van der Waals surface area contributed by atoms with Crippen molar-refractivity contribution in [3.63, 3.8) is 0 Å². The van der Waals surface area contributed by atoms with Gasteiger partial charge in [0.05, 0.1) is 0 Å². The molecule has 10 heavy (non-hydrogen) atoms. The van der Waals surface area contributed by atoms with Gasteiger partial charge in [-0.15, -0.1) is 0 Å². The Labute approximate surface area is 61.8 Å². The zero-order valence-corrected chi connectivity index (χ0v) is 6.85. The number of ketones is 1. The third kappa shape index (κ3) is 1.08. The smallest absolute Gasteiger partial charge is 0.139 e. The number of hydrogen-bond donors (Lipinski definition) is 1. The molecule has 2 N–H and O–H groups in total. The van der Waals surface area contributed by atoms with Crippen molar-refractivity contribution in [1.29, 1.82) is 0 Å². The Bertz CT molecular complexity index is 157. The molecule has 2 atom stereocenters. The van der Waals surface area contributed by atoms with Gasteiger partial charge in [0.25, 0.3) is 0 Å². The summed E-state index contributed by atoms with van der Waals surface area (Å²) in [5.74, 6) is 0.438. The van der Waals surface area contributed by atoms with Crippen molar-refractivity contribution >= 4 is 5.78 Å². The lowest BCUT2D eigenvalue weighted by Gasteiger charge is -2.41. The molecule has 1 rings (SSSR count). The average Bonchev–Trinajstić information content (AvgIpc) is 1.58. The molecular formula is C8H15NO. The molecule has 0 saturated heterocycles. The molecule has 0 heterocycles. The Hall–Kier alpha value is -0.370. The number of nitrogens with two attached hydrogens (primary N) is 1. The average molecular weight is 141 g/mol. The minimum Gasteiger partial charge on any atom is -0.327 e. The third-order valence-electron chi connectivity index (χ3n) is 2.14. The van der Waals surface area contributed by atoms with Crippen LogP contribution in [0.3, 0.4) is 0 Å². The van der Waals surface area contributed by atoms with E-state index < -0.39 is 0 Å². The highest BCUT2D eigenvalue weighted by Crippen LogP contribution is 2.37. The van der Waals surface area contributed by atoms with Gasteiger partial charge in [-0.3, -0.25) is 4.79 Å². The lowest BCUT2D eigenvalue weighted by atomic mass is 9.64. The monoisotopic (exact) mass is 141 g/mol. The summed E-state index contributed by atoms with van der Waals surface area (Å²) in [6.45, 7) is 6.19. The summed E-state index contributed by atoms with van der Waals surface area (Å²) in [6.07, 6.45) is 0.585. The van der Waals surface area contributed by atoms with Gasteiger partial charge < -0.3 is 5.73 Å². The van der Waals surface area contributed by atoms with Gasteiger partial charge in [-0.25, -0.2) is 0 Å². The molecule has 1 aliphatic rings. The summed E-state index contributed by atoms with van der Waals surface area (Å²) in [6, 6.07) is 0.118. The molecule has 0 aromatic carbocycles. The summed E-state index contributed by atoms with van der Waals surface area (Å²) >= 11 is 0. The van der Waals surface area contributed by atoms with Crippen molar-refractivity contribution in [2.75, 3.05) is 0 Å². The minimum absolute atomic E-state index is 0.0642. The van der Waals surface area contributed by atoms with Crippen molar-refractivity contribution in [2.45, 2.75) is 33.2 Å². The van der Waals surface area contributed by atoms with Gasteiger partial charge in [-0.2, -0.15) is 0 Å². The fourth-order valence-corrected chi connectivity index (χ4v) is 1.68. The van der Waals surface area contributed by atoms with Gasteiger partial charge in [0.1, 0.15) is 5.78 Å². The Morgan fingerprint density at radius 2 is 2.00 bits per heavy atom. The lowest BCUT2D eigenvalue weighted by Crippen LogP contribution is -2.53. The molecular weight excluding hydrogens is 126 g/mol. The van der Waals surface area contributed by atoms with Crippen LogP contribution >= 0.6 is 0 Å². The highest BCUT2D eigenvalue weighted by Gasteiger charge is 2.44. The van der Waals surface area contributed by atoms with Crippen LogP contribution < -0.4 is 5.73 Å². The molecule has 0 radical (unpaired) electrons. The Morgan fingerprint density at radius 3 is 2.10 bits per heavy atom. The second-order valence-electron chi connectivity index (χ2n) is 4.18. The fraction of sp³-hybridized carbons (Fsp3) is 0.875. The first-order valence-corrected chi connectivity index (χ1v) is 3.71. The summed E-state index contributed by atoms with van der Waals surface area (Å²) in [5, 5.41) is 0. The second kappa shape index (κ2) is 2.06. The van der Waals surface area contributed by atoms with E-state index in [-0.39, 0.29) is 17.4 Å². The Morgan fingerprint density at radius 1 is 1.50 bits per heavy atom. The second-order valence-corrected chi connectivity index (χ2v) is 4.18. The van der Waals surface area contributed by atoms with E-state index in [1.54, 1.807) is 0 Å². The first kappa shape index (κ1) is 7.73. The van der Waals surface area contributed by atoms with Crippen LogP contribution in [-0.4, -0.2) is 11.8 Å². The molecule has 0 spiro atoms. The van der Waals surface area contributed by atoms with Gasteiger partial charge in [0.15, 0.2) is 0 Å². The molecule has 2 unspecified atom stereocenters. The molecule has 1 saturated carbocycles. The zero-order chi connectivity index (χ0) is 7.94. The van der Waals surface area contributed by atoms with E-state index in [0.29, 0.717) is 12.2 Å². The van der Waals surface area contributed by atoms with Gasteiger partial charge >= 0.3 is 0 Å². The summed E-state index contributed by atoms with van der Waals surface area (Å²) in [7, 11) is 0. The van der Waals surface area contributed by atoms with Crippen LogP contribution in [0.4, 0.5) is 0 Å². The van der Waals surface area contributed by atoms with Crippen LogP contribution in [-0.2, 0) is 4.79 Å². The number of Topliss-reactive ketones (excluding diaryl/α,β-unsaturated/α-hetero) is 1. The maximum Gasteiger partial charge on any atom is 0.139 e. The van der Waals surface area contributed by atoms with Crippen LogP contribution in [0, 0.1) is 11.3 Å². The van der Waals surface area contributed by atoms with E-state index in [2.05, 4.69) is 20.8 Å². The quantitative estimate of drug-likeness (QED) is 0.545. The van der Waals surface area contributed by atoms with Crippen LogP contribution in [0.15, 0.2) is 0 Å². The molecule has 1 fully saturated rings. The highest BCUT2D eigenvalue weighted by molar-refractivity contribution is 5.89. The molecule has 0 bridgehead atoms. The van der Waals surface area contributed by atoms with Crippen molar-refractivity contribution in [3.8, 4) is 0 Å². The number of hydrogen-bond acceptors (Lipinski definition) is 2. The van der Waals surface area contributed by atoms with E-state index in [0.717, 1.165) is 0 Å². The van der Waals surface area contributed by atoms with Gasteiger partial charge in [-0.1, -0.05) is 20.8 Å². The van der Waals surface area contributed by atoms with E-state index in [4.69, 9.17) is 5.73 Å². The van der Waals surface area contributed by atoms with Crippen LogP contribution in [0.1, 0.15) is 27.2 Å². The van der Waals surface area contributed by atoms with Gasteiger partial charge in [0.2, 0.25) is 0 Å². The van der Waals surface area contributed by atoms with Crippen molar-refractivity contribution < 1.29 is 4.79 Å². The predicted molar refractivity (Wildman–Crippen MR) is 40.5 cm³/mol. The number of rotatable bonds is 0. The van der Waals surface area contributed by atoms with E-state index in [1.807, 2.05) is 0 Å². The van der Waals surface area contributed by atoms with Gasteiger partial charge in [-0.05, 0) is 5.41 Å². The normalized spacial score (nSPS) is 33.8. The molecule has 58 valence electrons. The SMILES string of the molecule is CC(C)(C)C1C(=O)CC1N. The van der Waals surface area contributed by atoms with Crippen molar-refractivity contribution in [3.05, 3.63) is 0 Å². The standard InChI is InChI=1S/C8H15NO/c1-8(2,3)7-5(9)4-6(7)10/h5,7H,4,9H2,1-3H3.